The fourth-order valence-electron chi connectivity index (χ4n) is 5.53. The van der Waals surface area contributed by atoms with Crippen LogP contribution in [0.2, 0.25) is 0 Å². The lowest BCUT2D eigenvalue weighted by molar-refractivity contribution is -0.161. The van der Waals surface area contributed by atoms with Crippen LogP contribution in [0, 0.1) is 0 Å². The lowest BCUT2D eigenvalue weighted by atomic mass is 10.0. The molecule has 0 saturated carbocycles. The molecule has 10 nitrogen and oxygen atoms in total. The standard InChI is InChI=1S/C42H77O10P/c1-3-5-7-9-11-13-15-17-18-19-20-22-24-26-28-30-32-34-42(46)52-40(38-51-53(47,48)50-36-39(44)35-43)37-49-41(45)33-31-29-27-25-23-21-16-14-12-10-8-6-4-2/h11,13,17-18,20,22,39-40,43-44H,3-10,12,14-16,19,21,23-38H2,1-2H3,(H,47,48). The summed E-state index contributed by atoms with van der Waals surface area (Å²) in [6.45, 7) is 2.32. The van der Waals surface area contributed by atoms with Crippen LogP contribution in [0.3, 0.4) is 0 Å². The van der Waals surface area contributed by atoms with Gasteiger partial charge >= 0.3 is 19.8 Å². The van der Waals surface area contributed by atoms with Crippen LogP contribution in [0.15, 0.2) is 36.5 Å². The minimum absolute atomic E-state index is 0.160. The maximum atomic E-state index is 12.6. The van der Waals surface area contributed by atoms with Gasteiger partial charge < -0.3 is 24.6 Å². The van der Waals surface area contributed by atoms with E-state index in [4.69, 9.17) is 19.1 Å². The lowest BCUT2D eigenvalue weighted by Gasteiger charge is -2.20. The van der Waals surface area contributed by atoms with Crippen LogP contribution in [0.25, 0.3) is 0 Å². The second-order valence-corrected chi connectivity index (χ2v) is 15.5. The lowest BCUT2D eigenvalue weighted by Crippen LogP contribution is -2.29. The molecule has 0 aromatic carbocycles. The number of hydrogen-bond acceptors (Lipinski definition) is 9. The molecule has 3 atom stereocenters. The first kappa shape index (κ1) is 51.2. The van der Waals surface area contributed by atoms with Gasteiger partial charge in [-0.2, -0.15) is 0 Å². The zero-order chi connectivity index (χ0) is 39.1. The van der Waals surface area contributed by atoms with Crippen LogP contribution in [-0.4, -0.2) is 65.7 Å². The van der Waals surface area contributed by atoms with E-state index in [0.29, 0.717) is 12.8 Å². The van der Waals surface area contributed by atoms with Crippen molar-refractivity contribution in [3.8, 4) is 0 Å². The molecule has 3 unspecified atom stereocenters. The van der Waals surface area contributed by atoms with Crippen molar-refractivity contribution >= 4 is 19.8 Å². The first-order valence-electron chi connectivity index (χ1n) is 20.9. The van der Waals surface area contributed by atoms with Crippen LogP contribution >= 0.6 is 7.82 Å². The van der Waals surface area contributed by atoms with Crippen LogP contribution in [0.1, 0.15) is 181 Å². The summed E-state index contributed by atoms with van der Waals surface area (Å²) >= 11 is 0. The van der Waals surface area contributed by atoms with Crippen molar-refractivity contribution in [2.75, 3.05) is 26.4 Å². The Morgan fingerprint density at radius 3 is 1.51 bits per heavy atom. The third-order valence-corrected chi connectivity index (χ3v) is 9.75. The molecule has 3 N–H and O–H groups in total. The number of phosphoric acid groups is 1. The molecule has 0 aliphatic carbocycles. The highest BCUT2D eigenvalue weighted by Crippen LogP contribution is 2.43. The number of allylic oxidation sites excluding steroid dienone is 6. The molecule has 0 spiro atoms. The number of ether oxygens (including phenoxy) is 2. The number of carbonyl (C=O) groups excluding carboxylic acids is 2. The first-order valence-corrected chi connectivity index (χ1v) is 22.4. The molecule has 0 rings (SSSR count). The quantitative estimate of drug-likeness (QED) is 0.0238. The van der Waals surface area contributed by atoms with E-state index in [9.17, 15) is 24.2 Å². The Morgan fingerprint density at radius 1 is 0.566 bits per heavy atom. The van der Waals surface area contributed by atoms with Crippen molar-refractivity contribution in [2.45, 2.75) is 193 Å². The van der Waals surface area contributed by atoms with E-state index in [0.717, 1.165) is 57.8 Å². The third-order valence-electron chi connectivity index (χ3n) is 8.80. The van der Waals surface area contributed by atoms with Gasteiger partial charge in [0.25, 0.3) is 0 Å². The molecule has 0 saturated heterocycles. The predicted molar refractivity (Wildman–Crippen MR) is 214 cm³/mol. The average molecular weight is 773 g/mol. The molecule has 0 heterocycles. The van der Waals surface area contributed by atoms with E-state index in [1.807, 2.05) is 0 Å². The van der Waals surface area contributed by atoms with Gasteiger partial charge in [-0.3, -0.25) is 18.6 Å². The number of aliphatic hydroxyl groups excluding tert-OH is 2. The van der Waals surface area contributed by atoms with Crippen LogP contribution in [-0.2, 0) is 32.7 Å². The fourth-order valence-corrected chi connectivity index (χ4v) is 6.32. The smallest absolute Gasteiger partial charge is 0.462 e. The molecule has 0 aromatic heterocycles. The van der Waals surface area contributed by atoms with E-state index < -0.39 is 51.8 Å². The van der Waals surface area contributed by atoms with E-state index >= 15 is 0 Å². The van der Waals surface area contributed by atoms with Gasteiger partial charge in [-0.1, -0.05) is 153 Å². The van der Waals surface area contributed by atoms with Gasteiger partial charge in [0.15, 0.2) is 6.10 Å². The maximum Gasteiger partial charge on any atom is 0.472 e. The van der Waals surface area contributed by atoms with E-state index in [2.05, 4.69) is 54.8 Å². The molecular weight excluding hydrogens is 695 g/mol. The van der Waals surface area contributed by atoms with Crippen molar-refractivity contribution in [1.82, 2.24) is 0 Å². The third kappa shape index (κ3) is 38.3. The number of phosphoric ester groups is 1. The summed E-state index contributed by atoms with van der Waals surface area (Å²) in [4.78, 5) is 34.9. The zero-order valence-corrected chi connectivity index (χ0v) is 34.4. The molecule has 0 amide bonds. The molecule has 0 aliphatic rings. The summed E-state index contributed by atoms with van der Waals surface area (Å²) < 4.78 is 32.6. The molecule has 0 radical (unpaired) electrons. The van der Waals surface area contributed by atoms with Crippen molar-refractivity contribution in [3.63, 3.8) is 0 Å². The van der Waals surface area contributed by atoms with Crippen LogP contribution < -0.4 is 0 Å². The number of hydrogen-bond donors (Lipinski definition) is 3. The van der Waals surface area contributed by atoms with E-state index in [1.54, 1.807) is 0 Å². The summed E-state index contributed by atoms with van der Waals surface area (Å²) in [6, 6.07) is 0. The molecule has 53 heavy (non-hydrogen) atoms. The Hall–Kier alpha value is -1.81. The average Bonchev–Trinajstić information content (AvgIpc) is 3.14. The van der Waals surface area contributed by atoms with Crippen LogP contribution in [0.4, 0.5) is 0 Å². The summed E-state index contributed by atoms with van der Waals surface area (Å²) in [7, 11) is -4.62. The number of unbranched alkanes of at least 4 members (excludes halogenated alkanes) is 19. The second-order valence-electron chi connectivity index (χ2n) is 14.0. The molecule has 310 valence electrons. The van der Waals surface area contributed by atoms with Gasteiger partial charge in [-0.05, 0) is 51.4 Å². The molecule has 0 aromatic rings. The number of aliphatic hydroxyl groups is 2. The van der Waals surface area contributed by atoms with Crippen molar-refractivity contribution in [3.05, 3.63) is 36.5 Å². The number of esters is 2. The van der Waals surface area contributed by atoms with Crippen molar-refractivity contribution in [2.24, 2.45) is 0 Å². The van der Waals surface area contributed by atoms with Gasteiger partial charge in [0.2, 0.25) is 0 Å². The van der Waals surface area contributed by atoms with Gasteiger partial charge in [-0.25, -0.2) is 4.57 Å². The Balaban J connectivity index is 4.36. The molecule has 11 heteroatoms. The monoisotopic (exact) mass is 773 g/mol. The normalized spacial score (nSPS) is 14.3. The van der Waals surface area contributed by atoms with Crippen molar-refractivity contribution < 1.29 is 47.8 Å². The van der Waals surface area contributed by atoms with Gasteiger partial charge in [-0.15, -0.1) is 0 Å². The number of rotatable bonds is 39. The predicted octanol–water partition coefficient (Wildman–Crippen LogP) is 10.8. The Labute approximate surface area is 322 Å². The number of carbonyl (C=O) groups is 2. The summed E-state index contributed by atoms with van der Waals surface area (Å²) in [5.74, 6) is -0.947. The largest absolute Gasteiger partial charge is 0.472 e. The maximum absolute atomic E-state index is 12.6. The van der Waals surface area contributed by atoms with E-state index in [1.165, 1.54) is 83.5 Å². The minimum atomic E-state index is -4.62. The summed E-state index contributed by atoms with van der Waals surface area (Å²) in [5, 5.41) is 18.3. The van der Waals surface area contributed by atoms with E-state index in [-0.39, 0.29) is 19.4 Å². The molecule has 0 fully saturated rings. The highest BCUT2D eigenvalue weighted by Gasteiger charge is 2.27. The second kappa shape index (κ2) is 38.5. The zero-order valence-electron chi connectivity index (χ0n) is 33.5. The van der Waals surface area contributed by atoms with Crippen LogP contribution in [0.5, 0.6) is 0 Å². The Morgan fingerprint density at radius 2 is 0.981 bits per heavy atom. The van der Waals surface area contributed by atoms with Crippen molar-refractivity contribution in [1.29, 1.82) is 0 Å². The molecular formula is C42H77O10P. The highest BCUT2D eigenvalue weighted by atomic mass is 31.2. The van der Waals surface area contributed by atoms with Gasteiger partial charge in [0, 0.05) is 12.8 Å². The van der Waals surface area contributed by atoms with Gasteiger partial charge in [0.05, 0.1) is 19.8 Å². The Kier molecular flexibility index (Phi) is 37.2. The highest BCUT2D eigenvalue weighted by molar-refractivity contribution is 7.47. The molecule has 0 aliphatic heterocycles. The fraction of sp³-hybridized carbons (Fsp3) is 0.810. The summed E-state index contributed by atoms with van der Waals surface area (Å²) in [6.07, 6.45) is 38.2. The molecule has 0 bridgehead atoms. The minimum Gasteiger partial charge on any atom is -0.462 e. The SMILES string of the molecule is CCCCCC=CCC=CCC=CCCCCCCC(=O)OC(COC(=O)CCCCCCCCCCCCCCC)COP(=O)(O)OCC(O)CO. The Bertz CT molecular complexity index is 983. The summed E-state index contributed by atoms with van der Waals surface area (Å²) in [5.41, 5.74) is 0. The topological polar surface area (TPSA) is 149 Å². The first-order chi connectivity index (χ1) is 25.7. The van der Waals surface area contributed by atoms with Gasteiger partial charge in [0.1, 0.15) is 12.7 Å².